The molecular weight excluding hydrogens is 226 g/mol. The molecule has 0 spiro atoms. The van der Waals surface area contributed by atoms with E-state index in [1.54, 1.807) is 0 Å². The van der Waals surface area contributed by atoms with Crippen LogP contribution in [0.1, 0.15) is 39.7 Å². The Morgan fingerprint density at radius 2 is 1.89 bits per heavy atom. The number of hydrogen-bond acceptors (Lipinski definition) is 3. The van der Waals surface area contributed by atoms with Crippen molar-refractivity contribution in [1.82, 2.24) is 0 Å². The summed E-state index contributed by atoms with van der Waals surface area (Å²) in [5.41, 5.74) is 7.17. The van der Waals surface area contributed by atoms with Crippen molar-refractivity contribution >= 4 is 0 Å². The summed E-state index contributed by atoms with van der Waals surface area (Å²) in [5, 5.41) is 0. The highest BCUT2D eigenvalue weighted by atomic mass is 16.5. The molecule has 0 saturated carbocycles. The summed E-state index contributed by atoms with van der Waals surface area (Å²) in [7, 11) is 0. The van der Waals surface area contributed by atoms with Crippen LogP contribution in [0.2, 0.25) is 0 Å². The van der Waals surface area contributed by atoms with Crippen LogP contribution < -0.4 is 15.2 Å². The molecule has 0 bridgehead atoms. The normalized spacial score (nSPS) is 12.6. The van der Waals surface area contributed by atoms with Crippen LogP contribution in [0.15, 0.2) is 18.2 Å². The molecule has 1 aromatic rings. The summed E-state index contributed by atoms with van der Waals surface area (Å²) >= 11 is 0. The molecule has 2 N–H and O–H groups in total. The fraction of sp³-hybridized carbons (Fsp3) is 0.600. The van der Waals surface area contributed by atoms with Crippen LogP contribution in [-0.2, 0) is 6.42 Å². The minimum absolute atomic E-state index is 0.146. The zero-order valence-electron chi connectivity index (χ0n) is 11.9. The minimum atomic E-state index is 0.146. The molecule has 3 nitrogen and oxygen atoms in total. The van der Waals surface area contributed by atoms with Gasteiger partial charge in [0.15, 0.2) is 11.5 Å². The predicted molar refractivity (Wildman–Crippen MR) is 75.3 cm³/mol. The van der Waals surface area contributed by atoms with E-state index < -0.39 is 0 Å². The molecule has 0 aromatic heterocycles. The largest absolute Gasteiger partial charge is 0.490 e. The van der Waals surface area contributed by atoms with E-state index in [1.807, 2.05) is 32.9 Å². The Kier molecular flexibility index (Phi) is 5.99. The highest BCUT2D eigenvalue weighted by molar-refractivity contribution is 5.43. The van der Waals surface area contributed by atoms with Crippen LogP contribution in [0.4, 0.5) is 0 Å². The van der Waals surface area contributed by atoms with E-state index in [1.165, 1.54) is 5.56 Å². The van der Waals surface area contributed by atoms with Gasteiger partial charge in [0.05, 0.1) is 12.7 Å². The number of nitrogens with two attached hydrogens (primary N) is 1. The van der Waals surface area contributed by atoms with E-state index in [4.69, 9.17) is 15.2 Å². The summed E-state index contributed by atoms with van der Waals surface area (Å²) in [6.07, 6.45) is 2.00. The fourth-order valence-electron chi connectivity index (χ4n) is 1.75. The van der Waals surface area contributed by atoms with Gasteiger partial charge in [-0.05, 0) is 51.3 Å². The zero-order valence-corrected chi connectivity index (χ0v) is 11.9. The SMILES string of the molecule is CCOc1cc(CC(N)CC)ccc1OC(C)C. The van der Waals surface area contributed by atoms with E-state index in [-0.39, 0.29) is 12.1 Å². The fourth-order valence-corrected chi connectivity index (χ4v) is 1.75. The number of benzene rings is 1. The van der Waals surface area contributed by atoms with Gasteiger partial charge in [0.2, 0.25) is 0 Å². The van der Waals surface area contributed by atoms with E-state index in [0.717, 1.165) is 24.3 Å². The molecule has 0 fully saturated rings. The van der Waals surface area contributed by atoms with Crippen molar-refractivity contribution in [3.8, 4) is 11.5 Å². The number of ether oxygens (including phenoxy) is 2. The summed E-state index contributed by atoms with van der Waals surface area (Å²) in [5.74, 6) is 1.62. The van der Waals surface area contributed by atoms with Crippen molar-refractivity contribution in [2.24, 2.45) is 5.73 Å². The van der Waals surface area contributed by atoms with Gasteiger partial charge in [-0.2, -0.15) is 0 Å². The Labute approximate surface area is 110 Å². The van der Waals surface area contributed by atoms with Crippen molar-refractivity contribution in [3.63, 3.8) is 0 Å². The standard InChI is InChI=1S/C15H25NO2/c1-5-13(16)9-12-7-8-14(18-11(3)4)15(10-12)17-6-2/h7-8,10-11,13H,5-6,9,16H2,1-4H3. The van der Waals surface area contributed by atoms with Gasteiger partial charge in [-0.15, -0.1) is 0 Å². The molecule has 1 aromatic carbocycles. The first-order chi connectivity index (χ1) is 8.56. The summed E-state index contributed by atoms with van der Waals surface area (Å²) in [6.45, 7) is 8.74. The lowest BCUT2D eigenvalue weighted by Gasteiger charge is -2.16. The molecule has 0 amide bonds. The molecule has 0 aliphatic carbocycles. The van der Waals surface area contributed by atoms with E-state index in [2.05, 4.69) is 13.0 Å². The minimum Gasteiger partial charge on any atom is -0.490 e. The van der Waals surface area contributed by atoms with Crippen LogP contribution >= 0.6 is 0 Å². The van der Waals surface area contributed by atoms with Gasteiger partial charge in [-0.3, -0.25) is 0 Å². The van der Waals surface area contributed by atoms with Gasteiger partial charge in [-0.25, -0.2) is 0 Å². The second-order valence-corrected chi connectivity index (χ2v) is 4.75. The molecule has 1 rings (SSSR count). The van der Waals surface area contributed by atoms with Crippen molar-refractivity contribution in [2.75, 3.05) is 6.61 Å². The van der Waals surface area contributed by atoms with Crippen molar-refractivity contribution in [1.29, 1.82) is 0 Å². The summed E-state index contributed by atoms with van der Waals surface area (Å²) < 4.78 is 11.4. The predicted octanol–water partition coefficient (Wildman–Crippen LogP) is 3.15. The van der Waals surface area contributed by atoms with Crippen molar-refractivity contribution in [3.05, 3.63) is 23.8 Å². The van der Waals surface area contributed by atoms with Crippen LogP contribution in [0.25, 0.3) is 0 Å². The molecule has 102 valence electrons. The molecule has 0 radical (unpaired) electrons. The maximum Gasteiger partial charge on any atom is 0.161 e. The lowest BCUT2D eigenvalue weighted by atomic mass is 10.0. The second-order valence-electron chi connectivity index (χ2n) is 4.75. The maximum atomic E-state index is 5.98. The van der Waals surface area contributed by atoms with Gasteiger partial charge >= 0.3 is 0 Å². The number of hydrogen-bond donors (Lipinski definition) is 1. The third-order valence-corrected chi connectivity index (χ3v) is 2.69. The van der Waals surface area contributed by atoms with Gasteiger partial charge in [-0.1, -0.05) is 13.0 Å². The topological polar surface area (TPSA) is 44.5 Å². The third kappa shape index (κ3) is 4.57. The average Bonchev–Trinajstić information content (AvgIpc) is 2.32. The molecule has 0 aliphatic rings. The van der Waals surface area contributed by atoms with Gasteiger partial charge in [0, 0.05) is 6.04 Å². The van der Waals surface area contributed by atoms with E-state index >= 15 is 0 Å². The zero-order chi connectivity index (χ0) is 13.5. The second kappa shape index (κ2) is 7.27. The first-order valence-corrected chi connectivity index (χ1v) is 6.74. The highest BCUT2D eigenvalue weighted by Gasteiger charge is 2.09. The van der Waals surface area contributed by atoms with Gasteiger partial charge in [0.25, 0.3) is 0 Å². The van der Waals surface area contributed by atoms with Gasteiger partial charge < -0.3 is 15.2 Å². The summed E-state index contributed by atoms with van der Waals surface area (Å²) in [6, 6.07) is 6.28. The van der Waals surface area contributed by atoms with Gasteiger partial charge in [0.1, 0.15) is 0 Å². The molecule has 1 atom stereocenters. The molecule has 1 unspecified atom stereocenters. The molecular formula is C15H25NO2. The average molecular weight is 251 g/mol. The van der Waals surface area contributed by atoms with E-state index in [0.29, 0.717) is 6.61 Å². The highest BCUT2D eigenvalue weighted by Crippen LogP contribution is 2.29. The smallest absolute Gasteiger partial charge is 0.161 e. The quantitative estimate of drug-likeness (QED) is 0.809. The Hall–Kier alpha value is -1.22. The molecule has 3 heteroatoms. The number of rotatable bonds is 7. The van der Waals surface area contributed by atoms with Crippen LogP contribution in [0, 0.1) is 0 Å². The van der Waals surface area contributed by atoms with Crippen LogP contribution in [-0.4, -0.2) is 18.8 Å². The first-order valence-electron chi connectivity index (χ1n) is 6.74. The molecule has 0 heterocycles. The van der Waals surface area contributed by atoms with Crippen LogP contribution in [0.5, 0.6) is 11.5 Å². The molecule has 18 heavy (non-hydrogen) atoms. The first kappa shape index (κ1) is 14.8. The molecule has 0 saturated heterocycles. The molecule has 0 aliphatic heterocycles. The van der Waals surface area contributed by atoms with Crippen molar-refractivity contribution < 1.29 is 9.47 Å². The maximum absolute atomic E-state index is 5.98. The lowest BCUT2D eigenvalue weighted by Crippen LogP contribution is -2.21. The Morgan fingerprint density at radius 1 is 1.17 bits per heavy atom. The Bertz CT molecular complexity index is 364. The third-order valence-electron chi connectivity index (χ3n) is 2.69. The van der Waals surface area contributed by atoms with E-state index in [9.17, 15) is 0 Å². The van der Waals surface area contributed by atoms with Crippen molar-refractivity contribution in [2.45, 2.75) is 52.7 Å². The monoisotopic (exact) mass is 251 g/mol. The Balaban J connectivity index is 2.87. The van der Waals surface area contributed by atoms with Crippen LogP contribution in [0.3, 0.4) is 0 Å². The lowest BCUT2D eigenvalue weighted by molar-refractivity contribution is 0.223. The Morgan fingerprint density at radius 3 is 2.44 bits per heavy atom. The summed E-state index contributed by atoms with van der Waals surface area (Å²) in [4.78, 5) is 0.